The van der Waals surface area contributed by atoms with Gasteiger partial charge in [-0.05, 0) is 43.8 Å². The normalized spacial score (nSPS) is 23.4. The van der Waals surface area contributed by atoms with Crippen LogP contribution in [0.3, 0.4) is 0 Å². The molecule has 1 aliphatic heterocycles. The summed E-state index contributed by atoms with van der Waals surface area (Å²) < 4.78 is 0. The number of aliphatic hydroxyl groups is 1. The van der Waals surface area contributed by atoms with Crippen molar-refractivity contribution in [2.45, 2.75) is 31.5 Å². The van der Waals surface area contributed by atoms with E-state index in [4.69, 9.17) is 0 Å². The number of piperidine rings is 1. The summed E-state index contributed by atoms with van der Waals surface area (Å²) in [5.74, 6) is -0.0622. The average molecular weight is 367 g/mol. The molecule has 1 heterocycles. The molecule has 0 aliphatic carbocycles. The first-order valence-electron chi connectivity index (χ1n) is 9.42. The molecule has 0 spiro atoms. The number of likely N-dealkylation sites (N-methyl/N-ethyl adjacent to an activating group) is 1. The van der Waals surface area contributed by atoms with Gasteiger partial charge in [-0.3, -0.25) is 9.69 Å². The van der Waals surface area contributed by atoms with Gasteiger partial charge in [-0.15, -0.1) is 0 Å². The zero-order valence-corrected chi connectivity index (χ0v) is 16.4. The van der Waals surface area contributed by atoms with Gasteiger partial charge in [-0.2, -0.15) is 0 Å². The Morgan fingerprint density at radius 3 is 2.44 bits per heavy atom. The average Bonchev–Trinajstić information content (AvgIpc) is 2.65. The molecule has 0 saturated carbocycles. The molecule has 2 N–H and O–H groups in total. The Morgan fingerprint density at radius 2 is 1.85 bits per heavy atom. The largest absolute Gasteiger partial charge is 0.383 e. The molecule has 0 radical (unpaired) electrons. The number of amides is 1. The fourth-order valence-electron chi connectivity index (χ4n) is 3.93. The fourth-order valence-corrected chi connectivity index (χ4v) is 3.93. The second kappa shape index (κ2) is 8.21. The van der Waals surface area contributed by atoms with Gasteiger partial charge in [0.15, 0.2) is 0 Å². The summed E-state index contributed by atoms with van der Waals surface area (Å²) in [6, 6.07) is 18.0. The Labute approximate surface area is 161 Å². The van der Waals surface area contributed by atoms with Crippen LogP contribution >= 0.6 is 0 Å². The van der Waals surface area contributed by atoms with E-state index in [2.05, 4.69) is 15.1 Å². The highest BCUT2D eigenvalue weighted by Crippen LogP contribution is 2.35. The number of nitrogens with zero attached hydrogens (tertiary/aromatic N) is 2. The highest BCUT2D eigenvalue weighted by atomic mass is 16.3. The third kappa shape index (κ3) is 4.56. The molecule has 0 bridgehead atoms. The van der Waals surface area contributed by atoms with Crippen LogP contribution in [-0.4, -0.2) is 54.0 Å². The van der Waals surface area contributed by atoms with Crippen molar-refractivity contribution in [3.05, 3.63) is 65.7 Å². The third-order valence-electron chi connectivity index (χ3n) is 5.37. The lowest BCUT2D eigenvalue weighted by atomic mass is 9.79. The van der Waals surface area contributed by atoms with E-state index in [1.165, 1.54) is 12.5 Å². The van der Waals surface area contributed by atoms with Crippen LogP contribution in [0.4, 0.5) is 5.69 Å². The lowest BCUT2D eigenvalue weighted by Crippen LogP contribution is -2.58. The summed E-state index contributed by atoms with van der Waals surface area (Å²) >= 11 is 0. The minimum atomic E-state index is -0.837. The summed E-state index contributed by atoms with van der Waals surface area (Å²) in [6.45, 7) is 3.97. The maximum Gasteiger partial charge on any atom is 0.221 e. The van der Waals surface area contributed by atoms with E-state index in [-0.39, 0.29) is 11.9 Å². The molecule has 2 aromatic carbocycles. The van der Waals surface area contributed by atoms with Gasteiger partial charge in [0.05, 0.1) is 6.04 Å². The molecule has 0 unspecified atom stereocenters. The Hall–Kier alpha value is -2.21. The summed E-state index contributed by atoms with van der Waals surface area (Å²) in [4.78, 5) is 15.7. The van der Waals surface area contributed by atoms with Gasteiger partial charge < -0.3 is 15.3 Å². The van der Waals surface area contributed by atoms with Crippen LogP contribution in [-0.2, 0) is 16.9 Å². The first kappa shape index (κ1) is 19.5. The van der Waals surface area contributed by atoms with Gasteiger partial charge in [0.25, 0.3) is 0 Å². The van der Waals surface area contributed by atoms with Crippen molar-refractivity contribution in [3.8, 4) is 0 Å². The third-order valence-corrected chi connectivity index (χ3v) is 5.37. The number of rotatable bonds is 5. The Balaban J connectivity index is 1.71. The molecular formula is C22H29N3O2. The lowest BCUT2D eigenvalue weighted by molar-refractivity contribution is -0.114. The van der Waals surface area contributed by atoms with Crippen molar-refractivity contribution in [1.29, 1.82) is 0 Å². The van der Waals surface area contributed by atoms with Gasteiger partial charge >= 0.3 is 0 Å². The lowest BCUT2D eigenvalue weighted by Gasteiger charge is -2.47. The predicted molar refractivity (Wildman–Crippen MR) is 108 cm³/mol. The molecule has 5 nitrogen and oxygen atoms in total. The molecule has 1 fully saturated rings. The molecule has 144 valence electrons. The second-order valence-corrected chi connectivity index (χ2v) is 7.63. The van der Waals surface area contributed by atoms with Crippen LogP contribution in [0.2, 0.25) is 0 Å². The monoisotopic (exact) mass is 367 g/mol. The van der Waals surface area contributed by atoms with Crippen LogP contribution in [0.1, 0.15) is 24.5 Å². The van der Waals surface area contributed by atoms with Crippen molar-refractivity contribution in [3.63, 3.8) is 0 Å². The maximum atomic E-state index is 11.5. The predicted octanol–water partition coefficient (Wildman–Crippen LogP) is 2.67. The molecule has 3 rings (SSSR count). The van der Waals surface area contributed by atoms with Gasteiger partial charge in [-0.25, -0.2) is 0 Å². The highest BCUT2D eigenvalue weighted by molar-refractivity contribution is 5.88. The van der Waals surface area contributed by atoms with Gasteiger partial charge in [0.2, 0.25) is 5.91 Å². The Morgan fingerprint density at radius 1 is 1.19 bits per heavy atom. The van der Waals surface area contributed by atoms with E-state index in [1.807, 2.05) is 68.7 Å². The van der Waals surface area contributed by atoms with Crippen LogP contribution in [0.15, 0.2) is 54.6 Å². The van der Waals surface area contributed by atoms with Crippen molar-refractivity contribution in [2.75, 3.05) is 32.5 Å². The molecule has 1 saturated heterocycles. The van der Waals surface area contributed by atoms with E-state index < -0.39 is 5.60 Å². The SMILES string of the molecule is CC(=O)Nc1ccc(CN2CC[C@](O)(c3ccccc3)[C@H](N(C)C)C2)cc1. The molecule has 5 heteroatoms. The number of anilines is 1. The molecule has 1 aliphatic rings. The zero-order chi connectivity index (χ0) is 19.4. The molecule has 27 heavy (non-hydrogen) atoms. The van der Waals surface area contributed by atoms with Crippen LogP contribution in [0, 0.1) is 0 Å². The van der Waals surface area contributed by atoms with Crippen LogP contribution in [0.25, 0.3) is 0 Å². The van der Waals surface area contributed by atoms with E-state index in [0.717, 1.165) is 30.9 Å². The number of likely N-dealkylation sites (tertiary alicyclic amines) is 1. The fraction of sp³-hybridized carbons (Fsp3) is 0.409. The number of hydrogen-bond donors (Lipinski definition) is 2. The van der Waals surface area contributed by atoms with Crippen LogP contribution in [0.5, 0.6) is 0 Å². The topological polar surface area (TPSA) is 55.8 Å². The van der Waals surface area contributed by atoms with Gasteiger partial charge in [0.1, 0.15) is 5.60 Å². The zero-order valence-electron chi connectivity index (χ0n) is 16.4. The van der Waals surface area contributed by atoms with Gasteiger partial charge in [0, 0.05) is 32.2 Å². The number of hydrogen-bond acceptors (Lipinski definition) is 4. The molecule has 2 atom stereocenters. The van der Waals surface area contributed by atoms with E-state index >= 15 is 0 Å². The van der Waals surface area contributed by atoms with E-state index in [9.17, 15) is 9.90 Å². The standard InChI is InChI=1S/C22H29N3O2/c1-17(26)23-20-11-9-18(10-12-20)15-25-14-13-22(27,21(16-25)24(2)3)19-7-5-4-6-8-19/h4-12,21,27H,13-16H2,1-3H3,(H,23,26)/t21-,22+/m1/s1. The Kier molecular flexibility index (Phi) is 5.95. The molecular weight excluding hydrogens is 338 g/mol. The molecule has 2 aromatic rings. The quantitative estimate of drug-likeness (QED) is 0.853. The molecule has 1 amide bonds. The smallest absolute Gasteiger partial charge is 0.221 e. The van der Waals surface area contributed by atoms with E-state index in [0.29, 0.717) is 6.42 Å². The van der Waals surface area contributed by atoms with Crippen molar-refractivity contribution < 1.29 is 9.90 Å². The van der Waals surface area contributed by atoms with Gasteiger partial charge in [-0.1, -0.05) is 42.5 Å². The first-order valence-corrected chi connectivity index (χ1v) is 9.42. The number of carbonyl (C=O) groups excluding carboxylic acids is 1. The number of carbonyl (C=O) groups is 1. The number of nitrogens with one attached hydrogen (secondary N) is 1. The highest BCUT2D eigenvalue weighted by Gasteiger charge is 2.43. The minimum absolute atomic E-state index is 0.0207. The van der Waals surface area contributed by atoms with Crippen molar-refractivity contribution in [2.24, 2.45) is 0 Å². The van der Waals surface area contributed by atoms with Crippen LogP contribution < -0.4 is 5.32 Å². The number of benzene rings is 2. The summed E-state index contributed by atoms with van der Waals surface area (Å²) in [6.07, 6.45) is 0.698. The summed E-state index contributed by atoms with van der Waals surface area (Å²) in [7, 11) is 4.06. The first-order chi connectivity index (χ1) is 12.9. The molecule has 0 aromatic heterocycles. The second-order valence-electron chi connectivity index (χ2n) is 7.63. The van der Waals surface area contributed by atoms with Crippen molar-refractivity contribution in [1.82, 2.24) is 9.80 Å². The Bertz CT molecular complexity index is 761. The summed E-state index contributed by atoms with van der Waals surface area (Å²) in [5.41, 5.74) is 2.17. The van der Waals surface area contributed by atoms with E-state index in [1.54, 1.807) is 0 Å². The summed E-state index contributed by atoms with van der Waals surface area (Å²) in [5, 5.41) is 14.3. The maximum absolute atomic E-state index is 11.5. The minimum Gasteiger partial charge on any atom is -0.383 e. The van der Waals surface area contributed by atoms with Crippen molar-refractivity contribution >= 4 is 11.6 Å².